The average molecular weight is 223 g/mol. The minimum absolute atomic E-state index is 0.328. The zero-order valence-corrected chi connectivity index (χ0v) is 10.1. The van der Waals surface area contributed by atoms with Crippen LogP contribution in [0.2, 0.25) is 0 Å². The van der Waals surface area contributed by atoms with Crippen molar-refractivity contribution in [1.82, 2.24) is 20.4 Å². The van der Waals surface area contributed by atoms with Gasteiger partial charge >= 0.3 is 0 Å². The largest absolute Gasteiger partial charge is 0.271 e. The number of nitrogens with zero attached hydrogens (tertiary/aromatic N) is 3. The third-order valence-corrected chi connectivity index (χ3v) is 3.74. The molecule has 0 aliphatic heterocycles. The van der Waals surface area contributed by atoms with Gasteiger partial charge in [-0.2, -0.15) is 0 Å². The maximum atomic E-state index is 5.66. The van der Waals surface area contributed by atoms with Gasteiger partial charge in [0.1, 0.15) is 0 Å². The molecule has 1 saturated carbocycles. The molecule has 1 aromatic heterocycles. The maximum Gasteiger partial charge on any atom is 0.0843 e. The van der Waals surface area contributed by atoms with E-state index in [0.717, 1.165) is 18.0 Å². The molecule has 5 nitrogen and oxygen atoms in total. The van der Waals surface area contributed by atoms with Gasteiger partial charge < -0.3 is 0 Å². The molecule has 2 rings (SSSR count). The van der Waals surface area contributed by atoms with Crippen LogP contribution >= 0.6 is 0 Å². The van der Waals surface area contributed by atoms with Crippen LogP contribution in [-0.4, -0.2) is 21.0 Å². The van der Waals surface area contributed by atoms with E-state index in [0.29, 0.717) is 12.0 Å². The van der Waals surface area contributed by atoms with Crippen LogP contribution < -0.4 is 11.3 Å². The number of nitrogens with one attached hydrogen (secondary N) is 1. The molecular weight excluding hydrogens is 202 g/mol. The smallest absolute Gasteiger partial charge is 0.0843 e. The van der Waals surface area contributed by atoms with E-state index in [-0.39, 0.29) is 0 Å². The lowest BCUT2D eigenvalue weighted by molar-refractivity contribution is 0.296. The quantitative estimate of drug-likeness (QED) is 0.580. The molecule has 1 aliphatic carbocycles. The Bertz CT molecular complexity index is 335. The summed E-state index contributed by atoms with van der Waals surface area (Å²) in [5.74, 6) is 7.10. The summed E-state index contributed by atoms with van der Waals surface area (Å²) in [5, 5.41) is 8.07. The molecule has 1 heterocycles. The van der Waals surface area contributed by atoms with Gasteiger partial charge in [0.25, 0.3) is 0 Å². The standard InChI is InChI=1S/C11H21N5/c1-8-4-3-5-10(8)11(13-12)6-9-7-16(2)15-14-9/h7-8,10-11,13H,3-6,12H2,1-2H3. The molecule has 1 aliphatic rings. The normalized spacial score (nSPS) is 27.2. The zero-order valence-electron chi connectivity index (χ0n) is 10.1. The Morgan fingerprint density at radius 2 is 2.44 bits per heavy atom. The van der Waals surface area contributed by atoms with Gasteiger partial charge in [-0.3, -0.25) is 16.0 Å². The molecule has 0 amide bonds. The lowest BCUT2D eigenvalue weighted by Crippen LogP contribution is -2.43. The Labute approximate surface area is 96.4 Å². The topological polar surface area (TPSA) is 68.8 Å². The first-order chi connectivity index (χ1) is 7.70. The fourth-order valence-corrected chi connectivity index (χ4v) is 2.82. The van der Waals surface area contributed by atoms with Crippen molar-refractivity contribution in [3.63, 3.8) is 0 Å². The Hall–Kier alpha value is -0.940. The Morgan fingerprint density at radius 1 is 1.62 bits per heavy atom. The fourth-order valence-electron chi connectivity index (χ4n) is 2.82. The highest BCUT2D eigenvalue weighted by Gasteiger charge is 2.30. The Balaban J connectivity index is 2.00. The first-order valence-electron chi connectivity index (χ1n) is 6.02. The number of hydrazine groups is 1. The molecule has 5 heteroatoms. The van der Waals surface area contributed by atoms with Crippen molar-refractivity contribution in [2.75, 3.05) is 0 Å². The Morgan fingerprint density at radius 3 is 2.94 bits per heavy atom. The highest BCUT2D eigenvalue weighted by atomic mass is 15.4. The monoisotopic (exact) mass is 223 g/mol. The number of aromatic nitrogens is 3. The second-order valence-corrected chi connectivity index (χ2v) is 4.93. The summed E-state index contributed by atoms with van der Waals surface area (Å²) < 4.78 is 1.74. The zero-order chi connectivity index (χ0) is 11.5. The van der Waals surface area contributed by atoms with E-state index in [1.165, 1.54) is 19.3 Å². The minimum Gasteiger partial charge on any atom is -0.271 e. The molecule has 3 N–H and O–H groups in total. The number of hydrogen-bond donors (Lipinski definition) is 2. The number of rotatable bonds is 4. The van der Waals surface area contributed by atoms with Crippen LogP contribution in [0.15, 0.2) is 6.20 Å². The van der Waals surface area contributed by atoms with Gasteiger partial charge in [-0.1, -0.05) is 25.0 Å². The summed E-state index contributed by atoms with van der Waals surface area (Å²) in [4.78, 5) is 0. The average Bonchev–Trinajstić information content (AvgIpc) is 2.84. The van der Waals surface area contributed by atoms with E-state index < -0.39 is 0 Å². The second-order valence-electron chi connectivity index (χ2n) is 4.93. The van der Waals surface area contributed by atoms with Gasteiger partial charge in [0.05, 0.1) is 5.69 Å². The van der Waals surface area contributed by atoms with E-state index in [1.807, 2.05) is 13.2 Å². The lowest BCUT2D eigenvalue weighted by Gasteiger charge is -2.25. The van der Waals surface area contributed by atoms with Crippen molar-refractivity contribution >= 4 is 0 Å². The third-order valence-electron chi connectivity index (χ3n) is 3.74. The summed E-state index contributed by atoms with van der Waals surface area (Å²) in [6.45, 7) is 2.32. The molecule has 90 valence electrons. The maximum absolute atomic E-state index is 5.66. The van der Waals surface area contributed by atoms with Gasteiger partial charge in [0.2, 0.25) is 0 Å². The van der Waals surface area contributed by atoms with E-state index in [4.69, 9.17) is 5.84 Å². The van der Waals surface area contributed by atoms with Gasteiger partial charge in [-0.15, -0.1) is 5.10 Å². The SMILES string of the molecule is CC1CCCC1C(Cc1cn(C)nn1)NN. The molecule has 0 aromatic carbocycles. The fraction of sp³-hybridized carbons (Fsp3) is 0.818. The lowest BCUT2D eigenvalue weighted by atomic mass is 9.88. The van der Waals surface area contributed by atoms with Crippen LogP contribution in [0.25, 0.3) is 0 Å². The summed E-state index contributed by atoms with van der Waals surface area (Å²) in [6.07, 6.45) is 6.76. The van der Waals surface area contributed by atoms with Crippen molar-refractivity contribution in [1.29, 1.82) is 0 Å². The molecule has 1 aromatic rings. The molecule has 0 bridgehead atoms. The van der Waals surface area contributed by atoms with Crippen molar-refractivity contribution in [2.24, 2.45) is 24.7 Å². The van der Waals surface area contributed by atoms with E-state index in [9.17, 15) is 0 Å². The highest BCUT2D eigenvalue weighted by molar-refractivity contribution is 4.98. The number of nitrogens with two attached hydrogens (primary N) is 1. The van der Waals surface area contributed by atoms with Crippen molar-refractivity contribution in [3.05, 3.63) is 11.9 Å². The summed E-state index contributed by atoms with van der Waals surface area (Å²) >= 11 is 0. The van der Waals surface area contributed by atoms with Crippen LogP contribution in [0.5, 0.6) is 0 Å². The van der Waals surface area contributed by atoms with E-state index in [1.54, 1.807) is 4.68 Å². The first kappa shape index (κ1) is 11.5. The highest BCUT2D eigenvalue weighted by Crippen LogP contribution is 2.34. The molecule has 3 atom stereocenters. The van der Waals surface area contributed by atoms with Crippen LogP contribution in [-0.2, 0) is 13.5 Å². The summed E-state index contributed by atoms with van der Waals surface area (Å²) in [6, 6.07) is 0.328. The predicted molar refractivity (Wildman–Crippen MR) is 62.3 cm³/mol. The van der Waals surface area contributed by atoms with Crippen LogP contribution in [0, 0.1) is 11.8 Å². The number of aryl methyl sites for hydroxylation is 1. The van der Waals surface area contributed by atoms with E-state index >= 15 is 0 Å². The number of hydrogen-bond acceptors (Lipinski definition) is 4. The third kappa shape index (κ3) is 2.41. The van der Waals surface area contributed by atoms with Crippen molar-refractivity contribution in [3.8, 4) is 0 Å². The van der Waals surface area contributed by atoms with Gasteiger partial charge in [-0.25, -0.2) is 0 Å². The van der Waals surface area contributed by atoms with Gasteiger partial charge in [0, 0.05) is 25.7 Å². The van der Waals surface area contributed by atoms with E-state index in [2.05, 4.69) is 22.7 Å². The molecular formula is C11H21N5. The molecule has 0 saturated heterocycles. The second kappa shape index (κ2) is 4.93. The predicted octanol–water partition coefficient (Wildman–Crippen LogP) is 0.626. The summed E-state index contributed by atoms with van der Waals surface area (Å²) in [7, 11) is 1.89. The first-order valence-corrected chi connectivity index (χ1v) is 6.02. The Kier molecular flexibility index (Phi) is 3.56. The van der Waals surface area contributed by atoms with Crippen LogP contribution in [0.4, 0.5) is 0 Å². The van der Waals surface area contributed by atoms with Crippen molar-refractivity contribution < 1.29 is 0 Å². The van der Waals surface area contributed by atoms with Gasteiger partial charge in [0.15, 0.2) is 0 Å². The molecule has 3 unspecified atom stereocenters. The molecule has 0 spiro atoms. The van der Waals surface area contributed by atoms with Crippen molar-refractivity contribution in [2.45, 2.75) is 38.6 Å². The molecule has 0 radical (unpaired) electrons. The van der Waals surface area contributed by atoms with Crippen LogP contribution in [0.1, 0.15) is 31.9 Å². The molecule has 1 fully saturated rings. The molecule has 16 heavy (non-hydrogen) atoms. The summed E-state index contributed by atoms with van der Waals surface area (Å²) in [5.41, 5.74) is 3.97. The van der Waals surface area contributed by atoms with Gasteiger partial charge in [-0.05, 0) is 18.3 Å². The minimum atomic E-state index is 0.328. The van der Waals surface area contributed by atoms with Crippen LogP contribution in [0.3, 0.4) is 0 Å².